The fraction of sp³-hybridized carbons (Fsp3) is 0.562. The minimum Gasteiger partial charge on any atom is -0.366 e. The Balaban J connectivity index is 2.09. The van der Waals surface area contributed by atoms with E-state index >= 15 is 0 Å². The molecule has 0 radical (unpaired) electrons. The number of nitrogens with zero attached hydrogens (tertiary/aromatic N) is 1. The molecular weight excluding hydrogens is 250 g/mol. The van der Waals surface area contributed by atoms with Crippen LogP contribution >= 0.6 is 0 Å². The average Bonchev–Trinajstić information content (AvgIpc) is 2.69. The molecule has 2 unspecified atom stereocenters. The van der Waals surface area contributed by atoms with Gasteiger partial charge in [-0.05, 0) is 64.8 Å². The van der Waals surface area contributed by atoms with Gasteiger partial charge in [0.1, 0.15) is 0 Å². The number of nitrogens with two attached hydrogens (primary N) is 1. The summed E-state index contributed by atoms with van der Waals surface area (Å²) in [6.07, 6.45) is 2.47. The molecule has 0 aromatic heterocycles. The van der Waals surface area contributed by atoms with Gasteiger partial charge in [0.2, 0.25) is 5.91 Å². The molecule has 4 heteroatoms. The third-order valence-electron chi connectivity index (χ3n) is 3.96. The Hall–Kier alpha value is -1.55. The van der Waals surface area contributed by atoms with Crippen LogP contribution in [-0.4, -0.2) is 23.5 Å². The summed E-state index contributed by atoms with van der Waals surface area (Å²) in [5.74, 6) is -0.173. The van der Waals surface area contributed by atoms with Gasteiger partial charge >= 0.3 is 0 Å². The van der Waals surface area contributed by atoms with E-state index in [2.05, 4.69) is 36.2 Å². The van der Waals surface area contributed by atoms with E-state index in [1.165, 1.54) is 18.5 Å². The largest absolute Gasteiger partial charge is 0.366 e. The number of nitrogens with one attached hydrogen (secondary N) is 1. The Bertz CT molecular complexity index is 465. The molecule has 0 saturated carbocycles. The molecule has 2 atom stereocenters. The first-order chi connectivity index (χ1) is 9.29. The van der Waals surface area contributed by atoms with Gasteiger partial charge in [-0.1, -0.05) is 0 Å². The number of anilines is 2. The summed E-state index contributed by atoms with van der Waals surface area (Å²) in [4.78, 5) is 14.3. The van der Waals surface area contributed by atoms with Gasteiger partial charge < -0.3 is 16.0 Å². The highest BCUT2D eigenvalue weighted by atomic mass is 16.2. The maximum absolute atomic E-state index is 11.8. The summed E-state index contributed by atoms with van der Waals surface area (Å²) < 4.78 is 0. The summed E-state index contributed by atoms with van der Waals surface area (Å²) in [6, 6.07) is 9.17. The molecule has 1 aromatic carbocycles. The maximum atomic E-state index is 11.8. The number of benzene rings is 1. The van der Waals surface area contributed by atoms with Crippen molar-refractivity contribution in [3.8, 4) is 0 Å². The minimum absolute atomic E-state index is 0.173. The molecule has 3 N–H and O–H groups in total. The normalized spacial score (nSPS) is 22.9. The molecule has 20 heavy (non-hydrogen) atoms. The van der Waals surface area contributed by atoms with E-state index in [4.69, 9.17) is 5.73 Å². The second-order valence-electron chi connectivity index (χ2n) is 6.41. The predicted octanol–water partition coefficient (Wildman–Crippen LogP) is 2.74. The zero-order valence-corrected chi connectivity index (χ0v) is 12.8. The van der Waals surface area contributed by atoms with Crippen LogP contribution in [0.3, 0.4) is 0 Å². The van der Waals surface area contributed by atoms with Gasteiger partial charge in [-0.15, -0.1) is 0 Å². The average molecular weight is 275 g/mol. The van der Waals surface area contributed by atoms with Gasteiger partial charge in [0, 0.05) is 23.5 Å². The molecular formula is C16H25N3O. The van der Waals surface area contributed by atoms with Crippen molar-refractivity contribution in [2.24, 2.45) is 5.73 Å². The molecule has 1 aliphatic heterocycles. The molecule has 1 saturated heterocycles. The standard InChI is InChI=1S/C16H25N3O/c1-11-5-6-12(2)19(11)14-9-7-13(8-10-14)18-15(20)16(3,4)17/h7-12H,5-6,17H2,1-4H3,(H,18,20). The molecule has 1 aliphatic rings. The van der Waals surface area contributed by atoms with Crippen LogP contribution in [0.25, 0.3) is 0 Å². The maximum Gasteiger partial charge on any atom is 0.243 e. The van der Waals surface area contributed by atoms with E-state index in [1.54, 1.807) is 13.8 Å². The van der Waals surface area contributed by atoms with Gasteiger partial charge in [-0.2, -0.15) is 0 Å². The fourth-order valence-corrected chi connectivity index (χ4v) is 2.71. The predicted molar refractivity (Wildman–Crippen MR) is 84.0 cm³/mol. The smallest absolute Gasteiger partial charge is 0.243 e. The molecule has 0 bridgehead atoms. The molecule has 1 heterocycles. The highest BCUT2D eigenvalue weighted by Gasteiger charge is 2.27. The Morgan fingerprint density at radius 2 is 1.70 bits per heavy atom. The van der Waals surface area contributed by atoms with Gasteiger partial charge in [0.25, 0.3) is 0 Å². The lowest BCUT2D eigenvalue weighted by Crippen LogP contribution is -2.45. The van der Waals surface area contributed by atoms with E-state index in [1.807, 2.05) is 12.1 Å². The summed E-state index contributed by atoms with van der Waals surface area (Å²) in [5, 5.41) is 2.84. The third-order valence-corrected chi connectivity index (χ3v) is 3.96. The van der Waals surface area contributed by atoms with E-state index in [9.17, 15) is 4.79 Å². The number of carbonyl (C=O) groups is 1. The summed E-state index contributed by atoms with van der Waals surface area (Å²) >= 11 is 0. The monoisotopic (exact) mass is 275 g/mol. The third kappa shape index (κ3) is 3.12. The molecule has 2 rings (SSSR count). The summed E-state index contributed by atoms with van der Waals surface area (Å²) in [5.41, 5.74) is 6.91. The van der Waals surface area contributed by atoms with Crippen molar-refractivity contribution in [3.05, 3.63) is 24.3 Å². The second kappa shape index (κ2) is 5.44. The number of carbonyl (C=O) groups excluding carboxylic acids is 1. The van der Waals surface area contributed by atoms with Crippen LogP contribution in [0.2, 0.25) is 0 Å². The van der Waals surface area contributed by atoms with Crippen molar-refractivity contribution >= 4 is 17.3 Å². The number of amides is 1. The summed E-state index contributed by atoms with van der Waals surface area (Å²) in [7, 11) is 0. The van der Waals surface area contributed by atoms with E-state index in [0.717, 1.165) is 5.69 Å². The molecule has 1 aromatic rings. The zero-order valence-electron chi connectivity index (χ0n) is 12.8. The van der Waals surface area contributed by atoms with E-state index in [-0.39, 0.29) is 5.91 Å². The summed E-state index contributed by atoms with van der Waals surface area (Å²) in [6.45, 7) is 7.92. The zero-order chi connectivity index (χ0) is 14.9. The van der Waals surface area contributed by atoms with Crippen molar-refractivity contribution in [2.45, 2.75) is 58.2 Å². The van der Waals surface area contributed by atoms with Gasteiger partial charge in [0.05, 0.1) is 5.54 Å². The number of hydrogen-bond acceptors (Lipinski definition) is 3. The van der Waals surface area contributed by atoms with Crippen molar-refractivity contribution in [1.82, 2.24) is 0 Å². The van der Waals surface area contributed by atoms with Crippen LogP contribution in [0.5, 0.6) is 0 Å². The minimum atomic E-state index is -0.864. The SMILES string of the molecule is CC1CCC(C)N1c1ccc(NC(=O)C(C)(C)N)cc1. The quantitative estimate of drug-likeness (QED) is 0.891. The van der Waals surface area contributed by atoms with Crippen LogP contribution in [0.4, 0.5) is 11.4 Å². The second-order valence-corrected chi connectivity index (χ2v) is 6.41. The van der Waals surface area contributed by atoms with Crippen LogP contribution in [0.1, 0.15) is 40.5 Å². The van der Waals surface area contributed by atoms with Crippen molar-refractivity contribution in [2.75, 3.05) is 10.2 Å². The van der Waals surface area contributed by atoms with E-state index in [0.29, 0.717) is 12.1 Å². The Morgan fingerprint density at radius 1 is 1.20 bits per heavy atom. The van der Waals surface area contributed by atoms with Gasteiger partial charge in [0.15, 0.2) is 0 Å². The van der Waals surface area contributed by atoms with Crippen molar-refractivity contribution in [1.29, 1.82) is 0 Å². The van der Waals surface area contributed by atoms with Crippen molar-refractivity contribution < 1.29 is 4.79 Å². The number of rotatable bonds is 3. The number of hydrogen-bond donors (Lipinski definition) is 2. The Labute approximate surface area is 121 Å². The fourth-order valence-electron chi connectivity index (χ4n) is 2.71. The van der Waals surface area contributed by atoms with Crippen LogP contribution in [-0.2, 0) is 4.79 Å². The van der Waals surface area contributed by atoms with Crippen LogP contribution in [0, 0.1) is 0 Å². The Kier molecular flexibility index (Phi) is 4.04. The lowest BCUT2D eigenvalue weighted by molar-refractivity contribution is -0.120. The van der Waals surface area contributed by atoms with Gasteiger partial charge in [-0.3, -0.25) is 4.79 Å². The van der Waals surface area contributed by atoms with Crippen molar-refractivity contribution in [3.63, 3.8) is 0 Å². The molecule has 4 nitrogen and oxygen atoms in total. The first kappa shape index (κ1) is 14.9. The lowest BCUT2D eigenvalue weighted by Gasteiger charge is -2.29. The first-order valence-corrected chi connectivity index (χ1v) is 7.28. The highest BCUT2D eigenvalue weighted by molar-refractivity contribution is 5.97. The molecule has 1 amide bonds. The molecule has 0 spiro atoms. The highest BCUT2D eigenvalue weighted by Crippen LogP contribution is 2.30. The lowest BCUT2D eigenvalue weighted by atomic mass is 10.1. The Morgan fingerprint density at radius 3 is 2.15 bits per heavy atom. The van der Waals surface area contributed by atoms with Crippen LogP contribution in [0.15, 0.2) is 24.3 Å². The molecule has 0 aliphatic carbocycles. The topological polar surface area (TPSA) is 58.4 Å². The van der Waals surface area contributed by atoms with E-state index < -0.39 is 5.54 Å². The van der Waals surface area contributed by atoms with Gasteiger partial charge in [-0.25, -0.2) is 0 Å². The van der Waals surface area contributed by atoms with Crippen LogP contribution < -0.4 is 16.0 Å². The molecule has 110 valence electrons. The molecule has 1 fully saturated rings. The first-order valence-electron chi connectivity index (χ1n) is 7.28.